The van der Waals surface area contributed by atoms with Gasteiger partial charge in [0.15, 0.2) is 0 Å². The van der Waals surface area contributed by atoms with Crippen LogP contribution in [-0.2, 0) is 11.2 Å². The predicted molar refractivity (Wildman–Crippen MR) is 76.1 cm³/mol. The highest BCUT2D eigenvalue weighted by Gasteiger charge is 2.21. The number of nitrogens with one attached hydrogen (secondary N) is 2. The Labute approximate surface area is 120 Å². The van der Waals surface area contributed by atoms with Crippen LogP contribution in [0.15, 0.2) is 53.5 Å². The number of pyridine rings is 1. The van der Waals surface area contributed by atoms with Crippen molar-refractivity contribution in [1.82, 2.24) is 10.3 Å². The quantitative estimate of drug-likeness (QED) is 0.757. The van der Waals surface area contributed by atoms with Crippen LogP contribution in [0.2, 0.25) is 0 Å². The Morgan fingerprint density at radius 2 is 1.86 bits per heavy atom. The number of hydrogen-bond donors (Lipinski definition) is 3. The average Bonchev–Trinajstić information content (AvgIpc) is 2.48. The molecule has 0 bridgehead atoms. The Hall–Kier alpha value is -2.89. The van der Waals surface area contributed by atoms with Crippen LogP contribution in [0.3, 0.4) is 0 Å². The van der Waals surface area contributed by atoms with Crippen LogP contribution >= 0.6 is 0 Å². The fourth-order valence-corrected chi connectivity index (χ4v) is 1.84. The van der Waals surface area contributed by atoms with E-state index in [1.807, 2.05) is 6.07 Å². The molecule has 108 valence electrons. The molecular weight excluding hydrogens is 272 g/mol. The summed E-state index contributed by atoms with van der Waals surface area (Å²) in [5.41, 5.74) is 0.686. The molecule has 3 N–H and O–H groups in total. The van der Waals surface area contributed by atoms with Crippen molar-refractivity contribution in [3.8, 4) is 0 Å². The average molecular weight is 286 g/mol. The van der Waals surface area contributed by atoms with Crippen molar-refractivity contribution in [2.24, 2.45) is 0 Å². The molecule has 0 aliphatic rings. The van der Waals surface area contributed by atoms with Crippen LogP contribution in [0.25, 0.3) is 0 Å². The van der Waals surface area contributed by atoms with E-state index in [4.69, 9.17) is 0 Å². The van der Waals surface area contributed by atoms with Gasteiger partial charge in [-0.05, 0) is 11.6 Å². The number of aromatic nitrogens is 1. The molecule has 1 aromatic carbocycles. The summed E-state index contributed by atoms with van der Waals surface area (Å²) in [4.78, 5) is 36.5. The number of carbonyl (C=O) groups is 2. The molecule has 1 aromatic heterocycles. The van der Waals surface area contributed by atoms with Crippen molar-refractivity contribution in [1.29, 1.82) is 0 Å². The molecule has 0 saturated heterocycles. The zero-order valence-corrected chi connectivity index (χ0v) is 11.1. The van der Waals surface area contributed by atoms with Crippen molar-refractivity contribution in [2.45, 2.75) is 12.5 Å². The molecule has 0 aliphatic carbocycles. The molecule has 0 spiro atoms. The minimum Gasteiger partial charge on any atom is -0.480 e. The highest BCUT2D eigenvalue weighted by Crippen LogP contribution is 2.04. The van der Waals surface area contributed by atoms with E-state index in [2.05, 4.69) is 10.3 Å². The molecule has 2 aromatic rings. The summed E-state index contributed by atoms with van der Waals surface area (Å²) in [5.74, 6) is -1.66. The summed E-state index contributed by atoms with van der Waals surface area (Å²) in [5, 5.41) is 11.6. The Bertz CT molecular complexity index is 674. The van der Waals surface area contributed by atoms with Crippen molar-refractivity contribution >= 4 is 11.9 Å². The van der Waals surface area contributed by atoms with E-state index in [-0.39, 0.29) is 17.5 Å². The summed E-state index contributed by atoms with van der Waals surface area (Å²) in [6, 6.07) is 10.5. The maximum atomic E-state index is 12.0. The SMILES string of the molecule is O=C(NC(Cc1ccccc1)C(=O)O)c1ccc(=O)[nH]c1. The topological polar surface area (TPSA) is 99.3 Å². The molecule has 21 heavy (non-hydrogen) atoms. The van der Waals surface area contributed by atoms with E-state index in [9.17, 15) is 19.5 Å². The molecule has 1 atom stereocenters. The Morgan fingerprint density at radius 3 is 2.43 bits per heavy atom. The van der Waals surface area contributed by atoms with Gasteiger partial charge in [0, 0.05) is 18.7 Å². The largest absolute Gasteiger partial charge is 0.480 e. The summed E-state index contributed by atoms with van der Waals surface area (Å²) >= 11 is 0. The van der Waals surface area contributed by atoms with Crippen LogP contribution in [-0.4, -0.2) is 28.0 Å². The number of aromatic amines is 1. The molecule has 6 nitrogen and oxygen atoms in total. The molecule has 0 saturated carbocycles. The van der Waals surface area contributed by atoms with E-state index < -0.39 is 17.9 Å². The lowest BCUT2D eigenvalue weighted by atomic mass is 10.1. The zero-order valence-electron chi connectivity index (χ0n) is 11.1. The number of carboxylic acid groups (broad SMARTS) is 1. The number of hydrogen-bond acceptors (Lipinski definition) is 3. The minimum atomic E-state index is -1.11. The number of rotatable bonds is 5. The third-order valence-corrected chi connectivity index (χ3v) is 2.93. The molecule has 2 rings (SSSR count). The lowest BCUT2D eigenvalue weighted by Gasteiger charge is -2.14. The van der Waals surface area contributed by atoms with Gasteiger partial charge >= 0.3 is 5.97 Å². The summed E-state index contributed by atoms with van der Waals surface area (Å²) in [6.07, 6.45) is 1.43. The number of carbonyl (C=O) groups excluding carboxylic acids is 1. The maximum Gasteiger partial charge on any atom is 0.326 e. The van der Waals surface area contributed by atoms with E-state index in [0.717, 1.165) is 5.56 Å². The normalized spacial score (nSPS) is 11.6. The third kappa shape index (κ3) is 4.04. The molecule has 0 radical (unpaired) electrons. The number of H-pyrrole nitrogens is 1. The van der Waals surface area contributed by atoms with Crippen molar-refractivity contribution in [2.75, 3.05) is 0 Å². The predicted octanol–water partition coefficient (Wildman–Crippen LogP) is 0.801. The molecule has 0 fully saturated rings. The second-order valence-electron chi connectivity index (χ2n) is 4.50. The third-order valence-electron chi connectivity index (χ3n) is 2.93. The van der Waals surface area contributed by atoms with Gasteiger partial charge in [0.05, 0.1) is 5.56 Å². The van der Waals surface area contributed by atoms with Crippen LogP contribution in [0.1, 0.15) is 15.9 Å². The van der Waals surface area contributed by atoms with E-state index in [1.54, 1.807) is 24.3 Å². The zero-order chi connectivity index (χ0) is 15.2. The maximum absolute atomic E-state index is 12.0. The molecule has 1 amide bonds. The summed E-state index contributed by atoms with van der Waals surface area (Å²) in [6.45, 7) is 0. The summed E-state index contributed by atoms with van der Waals surface area (Å²) in [7, 11) is 0. The second kappa shape index (κ2) is 6.51. The Balaban J connectivity index is 2.09. The van der Waals surface area contributed by atoms with Crippen LogP contribution in [0, 0.1) is 0 Å². The van der Waals surface area contributed by atoms with Crippen LogP contribution < -0.4 is 10.9 Å². The monoisotopic (exact) mass is 286 g/mol. The van der Waals surface area contributed by atoms with E-state index >= 15 is 0 Å². The molecule has 1 heterocycles. The highest BCUT2D eigenvalue weighted by molar-refractivity contribution is 5.96. The number of aliphatic carboxylic acids is 1. The van der Waals surface area contributed by atoms with Crippen molar-refractivity contribution in [3.05, 3.63) is 70.1 Å². The molecule has 6 heteroatoms. The van der Waals surface area contributed by atoms with Gasteiger partial charge in [-0.1, -0.05) is 30.3 Å². The van der Waals surface area contributed by atoms with E-state index in [0.29, 0.717) is 0 Å². The van der Waals surface area contributed by atoms with E-state index in [1.165, 1.54) is 18.3 Å². The fraction of sp³-hybridized carbons (Fsp3) is 0.133. The van der Waals surface area contributed by atoms with Gasteiger partial charge in [-0.15, -0.1) is 0 Å². The standard InChI is InChI=1S/C15H14N2O4/c18-13-7-6-11(9-16-13)14(19)17-12(15(20)21)8-10-4-2-1-3-5-10/h1-7,9,12H,8H2,(H,16,18)(H,17,19)(H,20,21). The van der Waals surface area contributed by atoms with Gasteiger partial charge in [-0.25, -0.2) is 4.79 Å². The lowest BCUT2D eigenvalue weighted by Crippen LogP contribution is -2.42. The van der Waals surface area contributed by atoms with Crippen molar-refractivity contribution < 1.29 is 14.7 Å². The second-order valence-corrected chi connectivity index (χ2v) is 4.50. The molecule has 0 aliphatic heterocycles. The lowest BCUT2D eigenvalue weighted by molar-refractivity contribution is -0.139. The first-order valence-electron chi connectivity index (χ1n) is 6.32. The van der Waals surface area contributed by atoms with Gasteiger partial charge in [0.25, 0.3) is 5.91 Å². The fourth-order valence-electron chi connectivity index (χ4n) is 1.84. The van der Waals surface area contributed by atoms with Gasteiger partial charge in [-0.2, -0.15) is 0 Å². The van der Waals surface area contributed by atoms with Gasteiger partial charge < -0.3 is 15.4 Å². The van der Waals surface area contributed by atoms with Crippen LogP contribution in [0.5, 0.6) is 0 Å². The first-order chi connectivity index (χ1) is 10.1. The van der Waals surface area contributed by atoms with Gasteiger partial charge in [0.2, 0.25) is 5.56 Å². The van der Waals surface area contributed by atoms with Crippen LogP contribution in [0.4, 0.5) is 0 Å². The molecule has 1 unspecified atom stereocenters. The molecular formula is C15H14N2O4. The highest BCUT2D eigenvalue weighted by atomic mass is 16.4. The van der Waals surface area contributed by atoms with Crippen molar-refractivity contribution in [3.63, 3.8) is 0 Å². The van der Waals surface area contributed by atoms with Gasteiger partial charge in [0.1, 0.15) is 6.04 Å². The first kappa shape index (κ1) is 14.5. The Morgan fingerprint density at radius 1 is 1.14 bits per heavy atom. The minimum absolute atomic E-state index is 0.186. The smallest absolute Gasteiger partial charge is 0.326 e. The number of amides is 1. The van der Waals surface area contributed by atoms with Gasteiger partial charge in [-0.3, -0.25) is 9.59 Å². The Kier molecular flexibility index (Phi) is 4.50. The first-order valence-corrected chi connectivity index (χ1v) is 6.32. The summed E-state index contributed by atoms with van der Waals surface area (Å²) < 4.78 is 0. The number of benzene rings is 1. The number of carboxylic acids is 1.